The number of carbonyl (C=O) groups excluding carboxylic acids is 1. The number of nitrogens with zero attached hydrogens (tertiary/aromatic N) is 3. The van der Waals surface area contributed by atoms with Gasteiger partial charge in [-0.05, 0) is 68.8 Å². The van der Waals surface area contributed by atoms with Gasteiger partial charge in [-0.2, -0.15) is 0 Å². The van der Waals surface area contributed by atoms with Crippen LogP contribution in [0.25, 0.3) is 0 Å². The van der Waals surface area contributed by atoms with Gasteiger partial charge in [-0.25, -0.2) is 4.39 Å². The summed E-state index contributed by atoms with van der Waals surface area (Å²) in [7, 11) is 0. The third-order valence-electron chi connectivity index (χ3n) is 5.70. The molecule has 0 saturated carbocycles. The maximum absolute atomic E-state index is 13.2. The number of rotatable bonds is 6. The Kier molecular flexibility index (Phi) is 7.26. The zero-order valence-electron chi connectivity index (χ0n) is 17.8. The summed E-state index contributed by atoms with van der Waals surface area (Å²) in [5, 5.41) is 0. The van der Waals surface area contributed by atoms with Crippen molar-refractivity contribution in [2.45, 2.75) is 39.8 Å². The van der Waals surface area contributed by atoms with E-state index in [0.717, 1.165) is 50.4 Å². The lowest BCUT2D eigenvalue weighted by molar-refractivity contribution is 0.0767. The van der Waals surface area contributed by atoms with Crippen molar-refractivity contribution in [3.05, 3.63) is 65.5 Å². The van der Waals surface area contributed by atoms with Crippen molar-refractivity contribution in [1.82, 2.24) is 9.80 Å². The van der Waals surface area contributed by atoms with Crippen molar-refractivity contribution >= 4 is 11.6 Å². The molecule has 0 aromatic heterocycles. The smallest absolute Gasteiger partial charge is 0.253 e. The van der Waals surface area contributed by atoms with E-state index in [1.54, 1.807) is 0 Å². The topological polar surface area (TPSA) is 26.8 Å². The standard InChI is InChI=1S/C24H32FN3O/c1-4-26(19(2)3)18-20-6-8-21(9-7-20)24(29)28-15-5-14-27(16-17-28)23-12-10-22(25)11-13-23/h6-13,19H,4-5,14-18H2,1-3H3. The molecule has 4 nitrogen and oxygen atoms in total. The van der Waals surface area contributed by atoms with Crippen LogP contribution in [0.4, 0.5) is 10.1 Å². The highest BCUT2D eigenvalue weighted by molar-refractivity contribution is 5.94. The molecule has 0 aliphatic carbocycles. The fraction of sp³-hybridized carbons (Fsp3) is 0.458. The summed E-state index contributed by atoms with van der Waals surface area (Å²) in [5.74, 6) is -0.131. The predicted octanol–water partition coefficient (Wildman–Crippen LogP) is 4.41. The maximum Gasteiger partial charge on any atom is 0.253 e. The van der Waals surface area contributed by atoms with E-state index in [0.29, 0.717) is 12.6 Å². The van der Waals surface area contributed by atoms with Gasteiger partial charge in [-0.3, -0.25) is 9.69 Å². The van der Waals surface area contributed by atoms with Crippen LogP contribution in [0.1, 0.15) is 43.1 Å². The molecule has 1 aliphatic heterocycles. The summed E-state index contributed by atoms with van der Waals surface area (Å²) in [4.78, 5) is 19.5. The molecule has 3 rings (SSSR count). The second-order valence-electron chi connectivity index (χ2n) is 7.96. The van der Waals surface area contributed by atoms with Crippen molar-refractivity contribution in [3.63, 3.8) is 0 Å². The number of amides is 1. The summed E-state index contributed by atoms with van der Waals surface area (Å²) in [6.45, 7) is 11.5. The molecule has 29 heavy (non-hydrogen) atoms. The molecule has 0 spiro atoms. The minimum atomic E-state index is -0.223. The van der Waals surface area contributed by atoms with Gasteiger partial charge >= 0.3 is 0 Å². The molecule has 1 fully saturated rings. The number of carbonyl (C=O) groups is 1. The highest BCUT2D eigenvalue weighted by atomic mass is 19.1. The molecule has 5 heteroatoms. The highest BCUT2D eigenvalue weighted by Crippen LogP contribution is 2.18. The number of halogens is 1. The molecule has 0 unspecified atom stereocenters. The molecule has 156 valence electrons. The lowest BCUT2D eigenvalue weighted by Gasteiger charge is -2.25. The molecule has 0 bridgehead atoms. The Balaban J connectivity index is 1.60. The zero-order chi connectivity index (χ0) is 20.8. The van der Waals surface area contributed by atoms with E-state index in [1.807, 2.05) is 29.2 Å². The first-order chi connectivity index (χ1) is 14.0. The van der Waals surface area contributed by atoms with Crippen molar-refractivity contribution in [2.24, 2.45) is 0 Å². The molecule has 2 aromatic rings. The summed E-state index contributed by atoms with van der Waals surface area (Å²) >= 11 is 0. The second kappa shape index (κ2) is 9.88. The normalized spacial score (nSPS) is 15.1. The van der Waals surface area contributed by atoms with Crippen LogP contribution in [0.15, 0.2) is 48.5 Å². The molecule has 0 N–H and O–H groups in total. The van der Waals surface area contributed by atoms with E-state index in [4.69, 9.17) is 0 Å². The molecule has 2 aromatic carbocycles. The average molecular weight is 398 g/mol. The average Bonchev–Trinajstić information content (AvgIpc) is 2.98. The first kappa shape index (κ1) is 21.3. The van der Waals surface area contributed by atoms with Gasteiger partial charge in [0.15, 0.2) is 0 Å². The molecule has 1 aliphatic rings. The van der Waals surface area contributed by atoms with Crippen LogP contribution in [-0.4, -0.2) is 54.5 Å². The van der Waals surface area contributed by atoms with Crippen molar-refractivity contribution < 1.29 is 9.18 Å². The third kappa shape index (κ3) is 5.57. The van der Waals surface area contributed by atoms with E-state index in [9.17, 15) is 9.18 Å². The van der Waals surface area contributed by atoms with Crippen molar-refractivity contribution in [2.75, 3.05) is 37.6 Å². The van der Waals surface area contributed by atoms with Gasteiger partial charge in [-0.1, -0.05) is 19.1 Å². The number of hydrogen-bond acceptors (Lipinski definition) is 3. The fourth-order valence-corrected chi connectivity index (χ4v) is 3.86. The Hall–Kier alpha value is -2.40. The van der Waals surface area contributed by atoms with Gasteiger partial charge in [0.05, 0.1) is 0 Å². The van der Waals surface area contributed by atoms with E-state index in [1.165, 1.54) is 17.7 Å². The van der Waals surface area contributed by atoms with Crippen LogP contribution in [0, 0.1) is 5.82 Å². The van der Waals surface area contributed by atoms with Gasteiger partial charge in [0.1, 0.15) is 5.82 Å². The Bertz CT molecular complexity index is 789. The summed E-state index contributed by atoms with van der Waals surface area (Å²) in [6, 6.07) is 15.1. The Morgan fingerprint density at radius 3 is 2.31 bits per heavy atom. The van der Waals surface area contributed by atoms with Gasteiger partial charge in [-0.15, -0.1) is 0 Å². The van der Waals surface area contributed by atoms with Crippen molar-refractivity contribution in [1.29, 1.82) is 0 Å². The molecule has 1 amide bonds. The Labute approximate surface area is 173 Å². The largest absolute Gasteiger partial charge is 0.370 e. The highest BCUT2D eigenvalue weighted by Gasteiger charge is 2.20. The SMILES string of the molecule is CCN(Cc1ccc(C(=O)N2CCCN(c3ccc(F)cc3)CC2)cc1)C(C)C. The van der Waals surface area contributed by atoms with E-state index >= 15 is 0 Å². The van der Waals surface area contributed by atoms with Gasteiger partial charge < -0.3 is 9.80 Å². The van der Waals surface area contributed by atoms with Gasteiger partial charge in [0.2, 0.25) is 0 Å². The fourth-order valence-electron chi connectivity index (χ4n) is 3.86. The first-order valence-electron chi connectivity index (χ1n) is 10.6. The van der Waals surface area contributed by atoms with Crippen LogP contribution in [0.3, 0.4) is 0 Å². The Morgan fingerprint density at radius 2 is 1.69 bits per heavy atom. The molecule has 1 heterocycles. The molecular formula is C24H32FN3O. The first-order valence-corrected chi connectivity index (χ1v) is 10.6. The predicted molar refractivity (Wildman–Crippen MR) is 117 cm³/mol. The zero-order valence-corrected chi connectivity index (χ0v) is 17.8. The lowest BCUT2D eigenvalue weighted by Crippen LogP contribution is -2.35. The number of anilines is 1. The molecule has 1 saturated heterocycles. The van der Waals surface area contributed by atoms with E-state index in [2.05, 4.69) is 42.7 Å². The van der Waals surface area contributed by atoms with Gasteiger partial charge in [0.25, 0.3) is 5.91 Å². The lowest BCUT2D eigenvalue weighted by atomic mass is 10.1. The van der Waals surface area contributed by atoms with E-state index in [-0.39, 0.29) is 11.7 Å². The number of benzene rings is 2. The van der Waals surface area contributed by atoms with Crippen LogP contribution in [-0.2, 0) is 6.54 Å². The quantitative estimate of drug-likeness (QED) is 0.722. The molecular weight excluding hydrogens is 365 g/mol. The summed E-state index contributed by atoms with van der Waals surface area (Å²) < 4.78 is 13.2. The number of hydrogen-bond donors (Lipinski definition) is 0. The molecule has 0 atom stereocenters. The van der Waals surface area contributed by atoms with Gasteiger partial charge in [0, 0.05) is 50.0 Å². The van der Waals surface area contributed by atoms with Crippen molar-refractivity contribution in [3.8, 4) is 0 Å². The van der Waals surface area contributed by atoms with Crippen LogP contribution < -0.4 is 4.90 Å². The van der Waals surface area contributed by atoms with Crippen LogP contribution in [0.5, 0.6) is 0 Å². The van der Waals surface area contributed by atoms with Crippen LogP contribution >= 0.6 is 0 Å². The Morgan fingerprint density at radius 1 is 1.00 bits per heavy atom. The van der Waals surface area contributed by atoms with Crippen LogP contribution in [0.2, 0.25) is 0 Å². The third-order valence-corrected chi connectivity index (χ3v) is 5.70. The van der Waals surface area contributed by atoms with E-state index < -0.39 is 0 Å². The molecule has 0 radical (unpaired) electrons. The minimum absolute atomic E-state index is 0.0914. The second-order valence-corrected chi connectivity index (χ2v) is 7.96. The maximum atomic E-state index is 13.2. The monoisotopic (exact) mass is 397 g/mol. The summed E-state index contributed by atoms with van der Waals surface area (Å²) in [6.07, 6.45) is 0.904. The summed E-state index contributed by atoms with van der Waals surface area (Å²) in [5.41, 5.74) is 2.99. The minimum Gasteiger partial charge on any atom is -0.370 e.